The molecular weight excluding hydrogens is 460 g/mol. The van der Waals surface area contributed by atoms with Crippen LogP contribution in [-0.4, -0.2) is 17.8 Å². The molecule has 1 atom stereocenters. The summed E-state index contributed by atoms with van der Waals surface area (Å²) < 4.78 is 5.90. The van der Waals surface area contributed by atoms with Crippen LogP contribution in [0.3, 0.4) is 0 Å². The van der Waals surface area contributed by atoms with Crippen molar-refractivity contribution in [2.75, 3.05) is 5.75 Å². The standard InChI is InChI=1S/C33H42O2S/c1-3-5-6-7-11-26-36-32-24-22-29(23-25-32)28-18-20-30(21-19-28)33(34)35-31(13-4-2)17-12-16-27-14-9-8-10-15-27/h8-10,14-15,18-25,31H,3-7,11-13,16-17,26H2,1-2H3. The van der Waals surface area contributed by atoms with Gasteiger partial charge in [-0.2, -0.15) is 0 Å². The van der Waals surface area contributed by atoms with Crippen molar-refractivity contribution in [2.24, 2.45) is 0 Å². The molecule has 0 aliphatic carbocycles. The molecule has 0 amide bonds. The van der Waals surface area contributed by atoms with Gasteiger partial charge in [0.25, 0.3) is 0 Å². The van der Waals surface area contributed by atoms with E-state index in [-0.39, 0.29) is 12.1 Å². The molecular formula is C33H42O2S. The lowest BCUT2D eigenvalue weighted by Gasteiger charge is -2.17. The van der Waals surface area contributed by atoms with E-state index in [1.54, 1.807) is 0 Å². The lowest BCUT2D eigenvalue weighted by Crippen LogP contribution is -2.18. The Hall–Kier alpha value is -2.52. The molecule has 0 spiro atoms. The maximum atomic E-state index is 12.8. The van der Waals surface area contributed by atoms with Gasteiger partial charge in [0.15, 0.2) is 0 Å². The summed E-state index contributed by atoms with van der Waals surface area (Å²) in [5.41, 5.74) is 4.25. The molecule has 3 heteroatoms. The topological polar surface area (TPSA) is 26.3 Å². The molecule has 1 unspecified atom stereocenters. The lowest BCUT2D eigenvalue weighted by molar-refractivity contribution is 0.0255. The van der Waals surface area contributed by atoms with Crippen LogP contribution in [0.4, 0.5) is 0 Å². The van der Waals surface area contributed by atoms with Crippen molar-refractivity contribution in [3.8, 4) is 11.1 Å². The van der Waals surface area contributed by atoms with Crippen molar-refractivity contribution in [3.63, 3.8) is 0 Å². The summed E-state index contributed by atoms with van der Waals surface area (Å²) in [7, 11) is 0. The zero-order chi connectivity index (χ0) is 25.4. The average molecular weight is 503 g/mol. The number of thioether (sulfide) groups is 1. The molecule has 0 aliphatic rings. The summed E-state index contributed by atoms with van der Waals surface area (Å²) in [6.07, 6.45) is 11.5. The van der Waals surface area contributed by atoms with Crippen LogP contribution in [0.15, 0.2) is 83.8 Å². The average Bonchev–Trinajstić information content (AvgIpc) is 2.92. The highest BCUT2D eigenvalue weighted by molar-refractivity contribution is 7.99. The molecule has 3 aromatic carbocycles. The van der Waals surface area contributed by atoms with E-state index in [9.17, 15) is 4.79 Å². The zero-order valence-corrected chi connectivity index (χ0v) is 22.9. The minimum Gasteiger partial charge on any atom is -0.459 e. The third kappa shape index (κ3) is 9.85. The van der Waals surface area contributed by atoms with Crippen molar-refractivity contribution in [2.45, 2.75) is 89.1 Å². The third-order valence-electron chi connectivity index (χ3n) is 6.54. The van der Waals surface area contributed by atoms with Crippen LogP contribution in [0, 0.1) is 0 Å². The number of unbranched alkanes of at least 4 members (excludes halogenated alkanes) is 4. The second kappa shape index (κ2) is 16.3. The van der Waals surface area contributed by atoms with E-state index in [2.05, 4.69) is 62.4 Å². The Labute approximate surface area is 222 Å². The van der Waals surface area contributed by atoms with E-state index in [4.69, 9.17) is 4.74 Å². The Morgan fingerprint density at radius 3 is 2.06 bits per heavy atom. The van der Waals surface area contributed by atoms with Crippen LogP contribution in [0.5, 0.6) is 0 Å². The Bertz CT molecular complexity index is 996. The minimum atomic E-state index is -0.217. The Kier molecular flexibility index (Phi) is 12.7. The van der Waals surface area contributed by atoms with Gasteiger partial charge in [0.05, 0.1) is 5.56 Å². The largest absolute Gasteiger partial charge is 0.459 e. The van der Waals surface area contributed by atoms with Crippen molar-refractivity contribution in [3.05, 3.63) is 90.0 Å². The van der Waals surface area contributed by atoms with Gasteiger partial charge >= 0.3 is 5.97 Å². The first-order valence-electron chi connectivity index (χ1n) is 13.8. The molecule has 0 N–H and O–H groups in total. The molecule has 0 heterocycles. The van der Waals surface area contributed by atoms with Gasteiger partial charge in [0.1, 0.15) is 6.10 Å². The highest BCUT2D eigenvalue weighted by Crippen LogP contribution is 2.26. The molecule has 0 saturated carbocycles. The van der Waals surface area contributed by atoms with Gasteiger partial charge in [-0.3, -0.25) is 0 Å². The number of carbonyl (C=O) groups excluding carboxylic acids is 1. The van der Waals surface area contributed by atoms with Crippen molar-refractivity contribution >= 4 is 17.7 Å². The summed E-state index contributed by atoms with van der Waals surface area (Å²) in [5, 5.41) is 0. The fourth-order valence-corrected chi connectivity index (χ4v) is 5.33. The van der Waals surface area contributed by atoms with Crippen molar-refractivity contribution < 1.29 is 9.53 Å². The predicted molar refractivity (Wildman–Crippen MR) is 155 cm³/mol. The quantitative estimate of drug-likeness (QED) is 0.111. The molecule has 0 aromatic heterocycles. The summed E-state index contributed by atoms with van der Waals surface area (Å²) in [6.45, 7) is 4.40. The Morgan fingerprint density at radius 2 is 1.39 bits per heavy atom. The van der Waals surface area contributed by atoms with E-state index in [1.807, 2.05) is 42.1 Å². The van der Waals surface area contributed by atoms with E-state index in [1.165, 1.54) is 53.9 Å². The number of rotatable bonds is 16. The fraction of sp³-hybridized carbons (Fsp3) is 0.424. The van der Waals surface area contributed by atoms with Crippen molar-refractivity contribution in [1.29, 1.82) is 0 Å². The van der Waals surface area contributed by atoms with Gasteiger partial charge in [-0.15, -0.1) is 11.8 Å². The van der Waals surface area contributed by atoms with Gasteiger partial charge in [0, 0.05) is 4.90 Å². The molecule has 0 bridgehead atoms. The number of ether oxygens (including phenoxy) is 1. The van der Waals surface area contributed by atoms with E-state index in [0.717, 1.165) is 37.7 Å². The van der Waals surface area contributed by atoms with Crippen molar-refractivity contribution in [1.82, 2.24) is 0 Å². The number of hydrogen-bond acceptors (Lipinski definition) is 3. The molecule has 0 aliphatic heterocycles. The van der Waals surface area contributed by atoms with Gasteiger partial charge in [-0.1, -0.05) is 101 Å². The SMILES string of the molecule is CCCCCCCSc1ccc(-c2ccc(C(=O)OC(CCC)CCCc3ccccc3)cc2)cc1. The first kappa shape index (κ1) is 28.1. The zero-order valence-electron chi connectivity index (χ0n) is 22.1. The molecule has 2 nitrogen and oxygen atoms in total. The van der Waals surface area contributed by atoms with Crippen LogP contribution >= 0.6 is 11.8 Å². The lowest BCUT2D eigenvalue weighted by atomic mass is 10.0. The molecule has 3 rings (SSSR count). The second-order valence-electron chi connectivity index (χ2n) is 9.56. The summed E-state index contributed by atoms with van der Waals surface area (Å²) in [6, 6.07) is 27.1. The Balaban J connectivity index is 1.47. The summed E-state index contributed by atoms with van der Waals surface area (Å²) in [4.78, 5) is 14.1. The van der Waals surface area contributed by atoms with Gasteiger partial charge in [-0.05, 0) is 78.8 Å². The number of benzene rings is 3. The molecule has 36 heavy (non-hydrogen) atoms. The maximum Gasteiger partial charge on any atom is 0.338 e. The smallest absolute Gasteiger partial charge is 0.338 e. The van der Waals surface area contributed by atoms with Crippen LogP contribution in [0.2, 0.25) is 0 Å². The molecule has 3 aromatic rings. The highest BCUT2D eigenvalue weighted by Gasteiger charge is 2.15. The van der Waals surface area contributed by atoms with Gasteiger partial charge < -0.3 is 4.74 Å². The number of aryl methyl sites for hydroxylation is 1. The van der Waals surface area contributed by atoms with Gasteiger partial charge in [-0.25, -0.2) is 4.79 Å². The monoisotopic (exact) mass is 502 g/mol. The second-order valence-corrected chi connectivity index (χ2v) is 10.7. The van der Waals surface area contributed by atoms with Crippen LogP contribution < -0.4 is 0 Å². The van der Waals surface area contributed by atoms with E-state index >= 15 is 0 Å². The molecule has 0 fully saturated rings. The maximum absolute atomic E-state index is 12.8. The van der Waals surface area contributed by atoms with Crippen LogP contribution in [-0.2, 0) is 11.2 Å². The molecule has 192 valence electrons. The summed E-state index contributed by atoms with van der Waals surface area (Å²) >= 11 is 1.94. The first-order valence-corrected chi connectivity index (χ1v) is 14.8. The molecule has 0 radical (unpaired) electrons. The minimum absolute atomic E-state index is 0.0254. The number of esters is 1. The van der Waals surface area contributed by atoms with Crippen LogP contribution in [0.1, 0.15) is 87.6 Å². The Morgan fingerprint density at radius 1 is 0.722 bits per heavy atom. The van der Waals surface area contributed by atoms with E-state index in [0.29, 0.717) is 5.56 Å². The highest BCUT2D eigenvalue weighted by atomic mass is 32.2. The molecule has 0 saturated heterocycles. The number of carbonyl (C=O) groups is 1. The predicted octanol–water partition coefficient (Wildman–Crippen LogP) is 9.76. The first-order chi connectivity index (χ1) is 17.7. The van der Waals surface area contributed by atoms with Gasteiger partial charge in [0.2, 0.25) is 0 Å². The van der Waals surface area contributed by atoms with E-state index < -0.39 is 0 Å². The fourth-order valence-electron chi connectivity index (χ4n) is 4.42. The third-order valence-corrected chi connectivity index (χ3v) is 7.64. The van der Waals surface area contributed by atoms with Crippen LogP contribution in [0.25, 0.3) is 11.1 Å². The normalized spacial score (nSPS) is 11.8. The summed E-state index contributed by atoms with van der Waals surface area (Å²) in [5.74, 6) is 0.968. The number of hydrogen-bond donors (Lipinski definition) is 0.